The van der Waals surface area contributed by atoms with Crippen LogP contribution in [0.2, 0.25) is 0 Å². The zero-order valence-electron chi connectivity index (χ0n) is 12.5. The van der Waals surface area contributed by atoms with Gasteiger partial charge < -0.3 is 5.73 Å². The highest BCUT2D eigenvalue weighted by atomic mass is 32.1. The van der Waals surface area contributed by atoms with Crippen LogP contribution in [-0.4, -0.2) is 24.5 Å². The Kier molecular flexibility index (Phi) is 6.59. The molecule has 1 saturated heterocycles. The number of thiophene rings is 1. The van der Waals surface area contributed by atoms with Gasteiger partial charge in [-0.25, -0.2) is 0 Å². The first-order chi connectivity index (χ1) is 9.81. The highest BCUT2D eigenvalue weighted by molar-refractivity contribution is 7.10. The largest absolute Gasteiger partial charge is 0.320 e. The molecule has 0 bridgehead atoms. The molecule has 0 saturated carbocycles. The van der Waals surface area contributed by atoms with Crippen LogP contribution in [0.25, 0.3) is 0 Å². The second-order valence-corrected chi connectivity index (χ2v) is 6.67. The highest BCUT2D eigenvalue weighted by Gasteiger charge is 2.16. The van der Waals surface area contributed by atoms with E-state index < -0.39 is 0 Å². The van der Waals surface area contributed by atoms with Crippen LogP contribution in [0.5, 0.6) is 0 Å². The van der Waals surface area contributed by atoms with Crippen molar-refractivity contribution in [3.63, 3.8) is 0 Å². The molecule has 0 aromatic carbocycles. The van der Waals surface area contributed by atoms with Crippen molar-refractivity contribution >= 4 is 11.3 Å². The SMILES string of the molecule is CCCC1CCCN(Cc2cc(C#CCN)cs2)CC1. The predicted octanol–water partition coefficient (Wildman–Crippen LogP) is 3.46. The smallest absolute Gasteiger partial charge is 0.0555 e. The van der Waals surface area contributed by atoms with Crippen molar-refractivity contribution < 1.29 is 0 Å². The maximum absolute atomic E-state index is 5.41. The third-order valence-electron chi connectivity index (χ3n) is 4.01. The molecule has 20 heavy (non-hydrogen) atoms. The van der Waals surface area contributed by atoms with E-state index in [4.69, 9.17) is 5.73 Å². The summed E-state index contributed by atoms with van der Waals surface area (Å²) in [6.07, 6.45) is 6.89. The van der Waals surface area contributed by atoms with Gasteiger partial charge in [0.1, 0.15) is 0 Å². The van der Waals surface area contributed by atoms with Crippen LogP contribution in [0.1, 0.15) is 49.5 Å². The molecule has 1 fully saturated rings. The van der Waals surface area contributed by atoms with Crippen molar-refractivity contribution in [1.82, 2.24) is 4.90 Å². The van der Waals surface area contributed by atoms with Gasteiger partial charge in [-0.15, -0.1) is 11.3 Å². The Bertz CT molecular complexity index is 455. The molecule has 2 rings (SSSR count). The van der Waals surface area contributed by atoms with Gasteiger partial charge in [0.05, 0.1) is 6.54 Å². The average Bonchev–Trinajstić information content (AvgIpc) is 2.77. The van der Waals surface area contributed by atoms with Crippen LogP contribution < -0.4 is 5.73 Å². The summed E-state index contributed by atoms with van der Waals surface area (Å²) >= 11 is 1.83. The summed E-state index contributed by atoms with van der Waals surface area (Å²) in [4.78, 5) is 4.04. The molecule has 1 atom stereocenters. The summed E-state index contributed by atoms with van der Waals surface area (Å²) in [6.45, 7) is 6.34. The second kappa shape index (κ2) is 8.46. The second-order valence-electron chi connectivity index (χ2n) is 5.67. The molecular formula is C17H26N2S. The third-order valence-corrected chi connectivity index (χ3v) is 4.93. The highest BCUT2D eigenvalue weighted by Crippen LogP contribution is 2.24. The molecule has 1 aromatic rings. The fourth-order valence-corrected chi connectivity index (χ4v) is 3.84. The van der Waals surface area contributed by atoms with E-state index in [2.05, 4.69) is 35.1 Å². The number of hydrogen-bond donors (Lipinski definition) is 1. The molecule has 2 heterocycles. The summed E-state index contributed by atoms with van der Waals surface area (Å²) in [5.41, 5.74) is 6.53. The summed E-state index contributed by atoms with van der Waals surface area (Å²) < 4.78 is 0. The van der Waals surface area contributed by atoms with Crippen molar-refractivity contribution in [1.29, 1.82) is 0 Å². The van der Waals surface area contributed by atoms with Crippen LogP contribution in [0, 0.1) is 17.8 Å². The molecule has 0 amide bonds. The number of nitrogens with zero attached hydrogens (tertiary/aromatic N) is 1. The monoisotopic (exact) mass is 290 g/mol. The summed E-state index contributed by atoms with van der Waals surface area (Å²) in [5, 5.41) is 2.15. The minimum atomic E-state index is 0.441. The zero-order valence-corrected chi connectivity index (χ0v) is 13.3. The lowest BCUT2D eigenvalue weighted by atomic mass is 9.96. The van der Waals surface area contributed by atoms with Crippen LogP contribution >= 0.6 is 11.3 Å². The first-order valence-electron chi connectivity index (χ1n) is 7.80. The van der Waals surface area contributed by atoms with Gasteiger partial charge >= 0.3 is 0 Å². The summed E-state index contributed by atoms with van der Waals surface area (Å²) in [6, 6.07) is 2.22. The first kappa shape index (κ1) is 15.6. The number of rotatable bonds is 4. The van der Waals surface area contributed by atoms with Gasteiger partial charge in [-0.3, -0.25) is 4.90 Å². The van der Waals surface area contributed by atoms with Gasteiger partial charge in [0.15, 0.2) is 0 Å². The lowest BCUT2D eigenvalue weighted by Crippen LogP contribution is -2.23. The third kappa shape index (κ3) is 4.94. The minimum Gasteiger partial charge on any atom is -0.320 e. The predicted molar refractivity (Wildman–Crippen MR) is 87.8 cm³/mol. The van der Waals surface area contributed by atoms with Crippen LogP contribution in [-0.2, 0) is 6.54 Å². The lowest BCUT2D eigenvalue weighted by Gasteiger charge is -2.19. The van der Waals surface area contributed by atoms with Crippen LogP contribution in [0.3, 0.4) is 0 Å². The van der Waals surface area contributed by atoms with E-state index in [1.165, 1.54) is 50.1 Å². The summed E-state index contributed by atoms with van der Waals surface area (Å²) in [7, 11) is 0. The molecule has 3 heteroatoms. The molecule has 1 unspecified atom stereocenters. The van der Waals surface area contributed by atoms with Gasteiger partial charge in [-0.05, 0) is 44.3 Å². The molecule has 1 aromatic heterocycles. The Morgan fingerprint density at radius 2 is 2.30 bits per heavy atom. The molecule has 0 radical (unpaired) electrons. The van der Waals surface area contributed by atoms with Crippen molar-refractivity contribution in [2.75, 3.05) is 19.6 Å². The molecule has 1 aliphatic rings. The number of hydrogen-bond acceptors (Lipinski definition) is 3. The van der Waals surface area contributed by atoms with E-state index in [1.807, 2.05) is 11.3 Å². The van der Waals surface area contributed by atoms with Crippen molar-refractivity contribution in [3.05, 3.63) is 21.9 Å². The van der Waals surface area contributed by atoms with Crippen molar-refractivity contribution in [2.45, 2.75) is 45.6 Å². The Balaban J connectivity index is 1.85. The van der Waals surface area contributed by atoms with E-state index in [1.54, 1.807) is 0 Å². The van der Waals surface area contributed by atoms with Crippen LogP contribution in [0.4, 0.5) is 0 Å². The van der Waals surface area contributed by atoms with Gasteiger partial charge in [0.2, 0.25) is 0 Å². The molecule has 110 valence electrons. The van der Waals surface area contributed by atoms with Gasteiger partial charge in [-0.2, -0.15) is 0 Å². The quantitative estimate of drug-likeness (QED) is 0.861. The summed E-state index contributed by atoms with van der Waals surface area (Å²) in [5.74, 6) is 6.99. The van der Waals surface area contributed by atoms with Gasteiger partial charge in [0.25, 0.3) is 0 Å². The minimum absolute atomic E-state index is 0.441. The molecular weight excluding hydrogens is 264 g/mol. The maximum atomic E-state index is 5.41. The Morgan fingerprint density at radius 1 is 1.40 bits per heavy atom. The molecule has 0 spiro atoms. The van der Waals surface area contributed by atoms with Gasteiger partial charge in [0, 0.05) is 22.4 Å². The number of likely N-dealkylation sites (tertiary alicyclic amines) is 1. The van der Waals surface area contributed by atoms with E-state index in [0.29, 0.717) is 6.54 Å². The number of nitrogens with two attached hydrogens (primary N) is 1. The van der Waals surface area contributed by atoms with E-state index in [-0.39, 0.29) is 0 Å². The fourth-order valence-electron chi connectivity index (χ4n) is 2.98. The Hall–Kier alpha value is -0.820. The van der Waals surface area contributed by atoms with E-state index in [0.717, 1.165) is 18.0 Å². The van der Waals surface area contributed by atoms with Gasteiger partial charge in [-0.1, -0.05) is 31.6 Å². The standard InChI is InChI=1S/C17H26N2S/c1-2-5-15-7-4-10-19(11-8-15)13-17-12-16(14-20-17)6-3-9-18/h12,14-15H,2,4-5,7-11,13,18H2,1H3. The Morgan fingerprint density at radius 3 is 3.10 bits per heavy atom. The van der Waals surface area contributed by atoms with Crippen molar-refractivity contribution in [3.8, 4) is 11.8 Å². The van der Waals surface area contributed by atoms with Crippen molar-refractivity contribution in [2.24, 2.45) is 11.7 Å². The maximum Gasteiger partial charge on any atom is 0.0555 e. The first-order valence-corrected chi connectivity index (χ1v) is 8.68. The lowest BCUT2D eigenvalue weighted by molar-refractivity contribution is 0.273. The molecule has 2 nitrogen and oxygen atoms in total. The fraction of sp³-hybridized carbons (Fsp3) is 0.647. The Labute approximate surface area is 127 Å². The molecule has 1 aliphatic heterocycles. The molecule has 0 aliphatic carbocycles. The topological polar surface area (TPSA) is 29.3 Å². The molecule has 2 N–H and O–H groups in total. The van der Waals surface area contributed by atoms with E-state index in [9.17, 15) is 0 Å². The van der Waals surface area contributed by atoms with E-state index >= 15 is 0 Å². The zero-order chi connectivity index (χ0) is 14.2. The average molecular weight is 290 g/mol. The van der Waals surface area contributed by atoms with Crippen LogP contribution in [0.15, 0.2) is 11.4 Å². The normalized spacial score (nSPS) is 20.2.